The van der Waals surface area contributed by atoms with Crippen molar-refractivity contribution in [2.45, 2.75) is 33.1 Å². The molecule has 4 rings (SSSR count). The highest BCUT2D eigenvalue weighted by Gasteiger charge is 2.17. The highest BCUT2D eigenvalue weighted by molar-refractivity contribution is 7.20. The van der Waals surface area contributed by atoms with Gasteiger partial charge in [-0.2, -0.15) is 5.10 Å². The Morgan fingerprint density at radius 2 is 1.63 bits per heavy atom. The highest BCUT2D eigenvalue weighted by atomic mass is 32.1. The van der Waals surface area contributed by atoms with E-state index in [2.05, 4.69) is 53.7 Å². The summed E-state index contributed by atoms with van der Waals surface area (Å²) >= 11 is 1.28. The van der Waals surface area contributed by atoms with Gasteiger partial charge in [0.05, 0.1) is 6.21 Å². The number of rotatable bonds is 6. The number of hydrogen-bond acceptors (Lipinski definition) is 5. The van der Waals surface area contributed by atoms with Gasteiger partial charge in [0, 0.05) is 11.1 Å². The van der Waals surface area contributed by atoms with Crippen LogP contribution in [0.15, 0.2) is 77.9 Å². The van der Waals surface area contributed by atoms with E-state index in [4.69, 9.17) is 0 Å². The average molecular weight is 487 g/mol. The number of hydrazone groups is 1. The van der Waals surface area contributed by atoms with Crippen LogP contribution < -0.4 is 10.7 Å². The molecule has 7 heteroatoms. The third-order valence-electron chi connectivity index (χ3n) is 5.44. The SMILES string of the molecule is Cc1ccc(-c2nc(N/N=C/c3ccc(C(C)(C)C)cc3)sc2NC(=O)c2ccc(F)cc2)cc1. The predicted molar refractivity (Wildman–Crippen MR) is 143 cm³/mol. The monoisotopic (exact) mass is 486 g/mol. The van der Waals surface area contributed by atoms with E-state index in [1.54, 1.807) is 6.21 Å². The number of halogens is 1. The Hall–Kier alpha value is -3.84. The molecule has 0 radical (unpaired) electrons. The summed E-state index contributed by atoms with van der Waals surface area (Å²) in [5.41, 5.74) is 8.29. The lowest BCUT2D eigenvalue weighted by Gasteiger charge is -2.18. The first-order valence-corrected chi connectivity index (χ1v) is 12.0. The van der Waals surface area contributed by atoms with Crippen molar-refractivity contribution in [2.75, 3.05) is 10.7 Å². The van der Waals surface area contributed by atoms with Crippen molar-refractivity contribution in [3.8, 4) is 11.3 Å². The van der Waals surface area contributed by atoms with E-state index in [1.807, 2.05) is 43.3 Å². The molecule has 0 atom stereocenters. The fourth-order valence-corrected chi connectivity index (χ4v) is 4.20. The van der Waals surface area contributed by atoms with E-state index < -0.39 is 5.82 Å². The molecule has 1 aromatic heterocycles. The van der Waals surface area contributed by atoms with Gasteiger partial charge in [0.2, 0.25) is 5.13 Å². The topological polar surface area (TPSA) is 66.4 Å². The molecule has 5 nitrogen and oxygen atoms in total. The van der Waals surface area contributed by atoms with Crippen LogP contribution in [0.5, 0.6) is 0 Å². The lowest BCUT2D eigenvalue weighted by atomic mass is 9.87. The maximum Gasteiger partial charge on any atom is 0.256 e. The standard InChI is InChI=1S/C28H27FN4OS/c1-18-5-9-20(10-6-18)24-26(32-25(34)21-11-15-23(29)16-12-21)35-27(31-24)33-30-17-19-7-13-22(14-8-19)28(2,3)4/h5-17H,1-4H3,(H,31,33)(H,32,34)/b30-17+. The smallest absolute Gasteiger partial charge is 0.256 e. The predicted octanol–water partition coefficient (Wildman–Crippen LogP) is 7.25. The van der Waals surface area contributed by atoms with E-state index >= 15 is 0 Å². The van der Waals surface area contributed by atoms with Crippen molar-refractivity contribution in [1.29, 1.82) is 0 Å². The van der Waals surface area contributed by atoms with Crippen molar-refractivity contribution in [3.63, 3.8) is 0 Å². The van der Waals surface area contributed by atoms with Gasteiger partial charge in [0.25, 0.3) is 5.91 Å². The number of hydrogen-bond donors (Lipinski definition) is 2. The molecule has 0 bridgehead atoms. The van der Waals surface area contributed by atoms with Crippen molar-refractivity contribution >= 4 is 33.6 Å². The molecule has 1 heterocycles. The Labute approximate surface area is 208 Å². The van der Waals surface area contributed by atoms with Gasteiger partial charge in [-0.15, -0.1) is 0 Å². The van der Waals surface area contributed by atoms with Gasteiger partial charge in [-0.25, -0.2) is 9.37 Å². The maximum absolute atomic E-state index is 13.2. The van der Waals surface area contributed by atoms with E-state index in [0.717, 1.165) is 16.7 Å². The summed E-state index contributed by atoms with van der Waals surface area (Å²) in [6, 6.07) is 21.6. The lowest BCUT2D eigenvalue weighted by molar-refractivity contribution is 0.102. The van der Waals surface area contributed by atoms with Crippen LogP contribution in [0, 0.1) is 12.7 Å². The van der Waals surface area contributed by atoms with Crippen LogP contribution in [0.2, 0.25) is 0 Å². The summed E-state index contributed by atoms with van der Waals surface area (Å²) in [5.74, 6) is -0.729. The van der Waals surface area contributed by atoms with Gasteiger partial charge < -0.3 is 5.32 Å². The fourth-order valence-electron chi connectivity index (χ4n) is 3.37. The fraction of sp³-hybridized carbons (Fsp3) is 0.179. The molecule has 0 fully saturated rings. The summed E-state index contributed by atoms with van der Waals surface area (Å²) in [5, 5.41) is 8.36. The van der Waals surface area contributed by atoms with E-state index in [0.29, 0.717) is 21.4 Å². The zero-order valence-electron chi connectivity index (χ0n) is 20.1. The minimum absolute atomic E-state index is 0.0932. The number of thiazole rings is 1. The van der Waals surface area contributed by atoms with Gasteiger partial charge in [-0.1, -0.05) is 86.2 Å². The van der Waals surface area contributed by atoms with Crippen molar-refractivity contribution < 1.29 is 9.18 Å². The molecule has 35 heavy (non-hydrogen) atoms. The molecular formula is C28H27FN4OS. The van der Waals surface area contributed by atoms with Crippen molar-refractivity contribution in [1.82, 2.24) is 4.98 Å². The Morgan fingerprint density at radius 1 is 0.971 bits per heavy atom. The molecule has 3 aromatic carbocycles. The van der Waals surface area contributed by atoms with Crippen LogP contribution >= 0.6 is 11.3 Å². The second-order valence-electron chi connectivity index (χ2n) is 9.27. The Morgan fingerprint density at radius 3 is 2.26 bits per heavy atom. The Bertz CT molecular complexity index is 1340. The van der Waals surface area contributed by atoms with Crippen LogP contribution in [0.3, 0.4) is 0 Å². The summed E-state index contributed by atoms with van der Waals surface area (Å²) in [4.78, 5) is 17.4. The number of benzene rings is 3. The summed E-state index contributed by atoms with van der Waals surface area (Å²) in [7, 11) is 0. The first kappa shape index (κ1) is 24.3. The maximum atomic E-state index is 13.2. The zero-order chi connectivity index (χ0) is 25.0. The second kappa shape index (κ2) is 10.2. The third-order valence-corrected chi connectivity index (χ3v) is 6.31. The van der Waals surface area contributed by atoms with Gasteiger partial charge in [-0.05, 0) is 47.7 Å². The zero-order valence-corrected chi connectivity index (χ0v) is 20.9. The van der Waals surface area contributed by atoms with Crippen LogP contribution in [-0.4, -0.2) is 17.1 Å². The van der Waals surface area contributed by atoms with Gasteiger partial charge in [-0.3, -0.25) is 10.2 Å². The molecule has 1 amide bonds. The summed E-state index contributed by atoms with van der Waals surface area (Å²) < 4.78 is 13.2. The van der Waals surface area contributed by atoms with Gasteiger partial charge >= 0.3 is 0 Å². The largest absolute Gasteiger partial charge is 0.312 e. The second-order valence-corrected chi connectivity index (χ2v) is 10.3. The number of nitrogens with one attached hydrogen (secondary N) is 2. The molecule has 178 valence electrons. The van der Waals surface area contributed by atoms with Crippen molar-refractivity contribution in [2.24, 2.45) is 5.10 Å². The number of aryl methyl sites for hydroxylation is 1. The van der Waals surface area contributed by atoms with E-state index in [9.17, 15) is 9.18 Å². The third kappa shape index (κ3) is 6.19. The molecule has 0 saturated heterocycles. The number of carbonyl (C=O) groups excluding carboxylic acids is 1. The van der Waals surface area contributed by atoms with E-state index in [-0.39, 0.29) is 11.3 Å². The minimum atomic E-state index is -0.392. The first-order valence-electron chi connectivity index (χ1n) is 11.2. The average Bonchev–Trinajstić information content (AvgIpc) is 3.22. The quantitative estimate of drug-likeness (QED) is 0.223. The molecule has 2 N–H and O–H groups in total. The van der Waals surface area contributed by atoms with Crippen LogP contribution in [0.4, 0.5) is 14.5 Å². The van der Waals surface area contributed by atoms with Gasteiger partial charge in [0.1, 0.15) is 16.5 Å². The molecule has 0 aliphatic rings. The molecule has 0 unspecified atom stereocenters. The van der Waals surface area contributed by atoms with Crippen LogP contribution in [-0.2, 0) is 5.41 Å². The highest BCUT2D eigenvalue weighted by Crippen LogP contribution is 2.36. The molecule has 0 aliphatic carbocycles. The number of carbonyl (C=O) groups is 1. The van der Waals surface area contributed by atoms with Crippen LogP contribution in [0.25, 0.3) is 11.3 Å². The van der Waals surface area contributed by atoms with Crippen molar-refractivity contribution in [3.05, 3.63) is 101 Å². The lowest BCUT2D eigenvalue weighted by Crippen LogP contribution is -2.11. The Kier molecular flexibility index (Phi) is 7.07. The summed E-state index contributed by atoms with van der Waals surface area (Å²) in [6.45, 7) is 8.55. The molecule has 0 aliphatic heterocycles. The Balaban J connectivity index is 1.55. The number of aromatic nitrogens is 1. The van der Waals surface area contributed by atoms with Gasteiger partial charge in [0.15, 0.2) is 0 Å². The normalized spacial score (nSPS) is 11.6. The molecule has 0 spiro atoms. The number of anilines is 2. The minimum Gasteiger partial charge on any atom is -0.312 e. The molecule has 0 saturated carbocycles. The molecular weight excluding hydrogens is 459 g/mol. The first-order chi connectivity index (χ1) is 16.7. The van der Waals surface area contributed by atoms with Crippen LogP contribution in [0.1, 0.15) is 47.8 Å². The summed E-state index contributed by atoms with van der Waals surface area (Å²) in [6.07, 6.45) is 1.73. The van der Waals surface area contributed by atoms with E-state index in [1.165, 1.54) is 41.2 Å². The molecule has 4 aromatic rings. The number of nitrogens with zero attached hydrogens (tertiary/aromatic N) is 2. The number of amides is 1.